The van der Waals surface area contributed by atoms with Crippen LogP contribution < -0.4 is 14.9 Å². The van der Waals surface area contributed by atoms with Crippen molar-refractivity contribution in [3.05, 3.63) is 57.6 Å². The van der Waals surface area contributed by atoms with Crippen molar-refractivity contribution in [2.75, 3.05) is 13.7 Å². The van der Waals surface area contributed by atoms with Gasteiger partial charge in [0.15, 0.2) is 11.5 Å². The van der Waals surface area contributed by atoms with E-state index in [1.165, 1.54) is 0 Å². The lowest BCUT2D eigenvalue weighted by atomic mass is 10.1. The second-order valence-corrected chi connectivity index (χ2v) is 5.84. The van der Waals surface area contributed by atoms with Crippen LogP contribution in [0.1, 0.15) is 28.4 Å². The van der Waals surface area contributed by atoms with E-state index in [2.05, 4.69) is 26.5 Å². The molecule has 2 rings (SSSR count). The van der Waals surface area contributed by atoms with Gasteiger partial charge in [-0.15, -0.1) is 0 Å². The lowest BCUT2D eigenvalue weighted by Crippen LogP contribution is -2.18. The van der Waals surface area contributed by atoms with E-state index in [0.717, 1.165) is 15.6 Å². The molecule has 0 bridgehead atoms. The molecule has 1 amide bonds. The number of halogens is 1. The van der Waals surface area contributed by atoms with E-state index in [1.807, 2.05) is 38.1 Å². The summed E-state index contributed by atoms with van der Waals surface area (Å²) < 4.78 is 11.6. The summed E-state index contributed by atoms with van der Waals surface area (Å²) in [5.41, 5.74) is 4.80. The maximum absolute atomic E-state index is 12.1. The number of amides is 1. The Labute approximate surface area is 149 Å². The lowest BCUT2D eigenvalue weighted by molar-refractivity contribution is 0.0954. The number of hydrogen-bond acceptors (Lipinski definition) is 4. The standard InChI is InChI=1S/C18H19BrN2O3/c1-4-24-16-10-13(9-15(19)17(16)23-3)11-20-21-18(22)14-8-6-5-7-12(14)2/h5-11H,4H2,1-3H3,(H,21,22)/b20-11+. The number of ether oxygens (including phenoxy) is 2. The summed E-state index contributed by atoms with van der Waals surface area (Å²) in [6.45, 7) is 4.30. The van der Waals surface area contributed by atoms with E-state index in [0.29, 0.717) is 23.7 Å². The molecule has 0 aliphatic rings. The van der Waals surface area contributed by atoms with Gasteiger partial charge in [-0.05, 0) is 59.1 Å². The van der Waals surface area contributed by atoms with Gasteiger partial charge < -0.3 is 9.47 Å². The number of nitrogens with one attached hydrogen (secondary N) is 1. The van der Waals surface area contributed by atoms with Crippen LogP contribution in [0.5, 0.6) is 11.5 Å². The second kappa shape index (κ2) is 8.49. The molecule has 0 radical (unpaired) electrons. The monoisotopic (exact) mass is 390 g/mol. The molecule has 0 unspecified atom stereocenters. The van der Waals surface area contributed by atoms with Crippen molar-refractivity contribution < 1.29 is 14.3 Å². The number of hydrazone groups is 1. The summed E-state index contributed by atoms with van der Waals surface area (Å²) in [6, 6.07) is 11.0. The molecule has 1 N–H and O–H groups in total. The Morgan fingerprint density at radius 2 is 2.08 bits per heavy atom. The van der Waals surface area contributed by atoms with Crippen LogP contribution in [0.3, 0.4) is 0 Å². The average Bonchev–Trinajstić information content (AvgIpc) is 2.55. The number of carbonyl (C=O) groups is 1. The third-order valence-corrected chi connectivity index (χ3v) is 3.89. The Hall–Kier alpha value is -2.34. The summed E-state index contributed by atoms with van der Waals surface area (Å²) in [5, 5.41) is 4.02. The minimum atomic E-state index is -0.248. The minimum Gasteiger partial charge on any atom is -0.492 e. The van der Waals surface area contributed by atoms with Crippen LogP contribution in [0.2, 0.25) is 0 Å². The average molecular weight is 391 g/mol. The lowest BCUT2D eigenvalue weighted by Gasteiger charge is -2.11. The van der Waals surface area contributed by atoms with E-state index in [9.17, 15) is 4.79 Å². The molecule has 2 aromatic carbocycles. The van der Waals surface area contributed by atoms with Crippen molar-refractivity contribution in [3.8, 4) is 11.5 Å². The first kappa shape index (κ1) is 18.0. The van der Waals surface area contributed by atoms with Gasteiger partial charge >= 0.3 is 0 Å². The predicted molar refractivity (Wildman–Crippen MR) is 98.1 cm³/mol. The van der Waals surface area contributed by atoms with Crippen LogP contribution in [0.15, 0.2) is 46.0 Å². The highest BCUT2D eigenvalue weighted by Crippen LogP contribution is 2.36. The van der Waals surface area contributed by atoms with Crippen LogP contribution in [0.25, 0.3) is 0 Å². The largest absolute Gasteiger partial charge is 0.492 e. The van der Waals surface area contributed by atoms with E-state index in [-0.39, 0.29) is 5.91 Å². The summed E-state index contributed by atoms with van der Waals surface area (Å²) in [4.78, 5) is 12.1. The Balaban J connectivity index is 2.14. The smallest absolute Gasteiger partial charge is 0.271 e. The molecule has 0 aliphatic carbocycles. The van der Waals surface area contributed by atoms with Gasteiger partial charge in [0.2, 0.25) is 0 Å². The first-order chi connectivity index (χ1) is 11.6. The van der Waals surface area contributed by atoms with Crippen LogP contribution in [-0.2, 0) is 0 Å². The first-order valence-electron chi connectivity index (χ1n) is 7.46. The molecular formula is C18H19BrN2O3. The van der Waals surface area contributed by atoms with Crippen molar-refractivity contribution >= 4 is 28.1 Å². The van der Waals surface area contributed by atoms with Crippen LogP contribution in [0.4, 0.5) is 0 Å². The summed E-state index contributed by atoms with van der Waals surface area (Å²) in [5.74, 6) is 0.987. The number of aryl methyl sites for hydroxylation is 1. The fourth-order valence-corrected chi connectivity index (χ4v) is 2.80. The molecule has 24 heavy (non-hydrogen) atoms. The molecule has 0 atom stereocenters. The van der Waals surface area contributed by atoms with E-state index < -0.39 is 0 Å². The highest BCUT2D eigenvalue weighted by molar-refractivity contribution is 9.10. The molecule has 0 heterocycles. The number of benzene rings is 2. The molecule has 0 spiro atoms. The Kier molecular flexibility index (Phi) is 6.37. The van der Waals surface area contributed by atoms with Gasteiger partial charge in [-0.2, -0.15) is 5.10 Å². The highest BCUT2D eigenvalue weighted by atomic mass is 79.9. The summed E-state index contributed by atoms with van der Waals surface area (Å²) in [7, 11) is 1.58. The van der Waals surface area contributed by atoms with Crippen LogP contribution in [-0.4, -0.2) is 25.8 Å². The fourth-order valence-electron chi connectivity index (χ4n) is 2.18. The van der Waals surface area contributed by atoms with Gasteiger partial charge in [-0.1, -0.05) is 18.2 Å². The van der Waals surface area contributed by atoms with E-state index >= 15 is 0 Å². The SMILES string of the molecule is CCOc1cc(/C=N/NC(=O)c2ccccc2C)cc(Br)c1OC. The normalized spacial score (nSPS) is 10.7. The molecular weight excluding hydrogens is 372 g/mol. The van der Waals surface area contributed by atoms with E-state index in [4.69, 9.17) is 9.47 Å². The quantitative estimate of drug-likeness (QED) is 0.600. The molecule has 0 aromatic heterocycles. The first-order valence-corrected chi connectivity index (χ1v) is 8.25. The van der Waals surface area contributed by atoms with Gasteiger partial charge in [0.1, 0.15) is 0 Å². The zero-order valence-corrected chi connectivity index (χ0v) is 15.4. The molecule has 126 valence electrons. The van der Waals surface area contributed by atoms with Crippen molar-refractivity contribution in [2.45, 2.75) is 13.8 Å². The molecule has 0 saturated heterocycles. The number of methoxy groups -OCH3 is 1. The number of hydrogen-bond donors (Lipinski definition) is 1. The highest BCUT2D eigenvalue weighted by Gasteiger charge is 2.11. The summed E-state index contributed by atoms with van der Waals surface area (Å²) >= 11 is 3.44. The van der Waals surface area contributed by atoms with Gasteiger partial charge in [0, 0.05) is 5.56 Å². The van der Waals surface area contributed by atoms with Crippen molar-refractivity contribution in [1.29, 1.82) is 0 Å². The van der Waals surface area contributed by atoms with Crippen molar-refractivity contribution in [1.82, 2.24) is 5.43 Å². The van der Waals surface area contributed by atoms with E-state index in [1.54, 1.807) is 25.5 Å². The fraction of sp³-hybridized carbons (Fsp3) is 0.222. The Morgan fingerprint density at radius 1 is 1.33 bits per heavy atom. The van der Waals surface area contributed by atoms with Gasteiger partial charge in [0.25, 0.3) is 5.91 Å². The Morgan fingerprint density at radius 3 is 2.75 bits per heavy atom. The summed E-state index contributed by atoms with van der Waals surface area (Å²) in [6.07, 6.45) is 1.56. The molecule has 0 fully saturated rings. The third-order valence-electron chi connectivity index (χ3n) is 3.31. The zero-order chi connectivity index (χ0) is 17.5. The number of rotatable bonds is 6. The Bertz CT molecular complexity index is 760. The molecule has 6 heteroatoms. The van der Waals surface area contributed by atoms with Gasteiger partial charge in [-0.25, -0.2) is 5.43 Å². The maximum atomic E-state index is 12.1. The maximum Gasteiger partial charge on any atom is 0.271 e. The minimum absolute atomic E-state index is 0.248. The molecule has 0 aliphatic heterocycles. The number of carbonyl (C=O) groups excluding carboxylic acids is 1. The second-order valence-electron chi connectivity index (χ2n) is 4.98. The molecule has 0 saturated carbocycles. The third kappa shape index (κ3) is 4.35. The van der Waals surface area contributed by atoms with Gasteiger partial charge in [-0.3, -0.25) is 4.79 Å². The van der Waals surface area contributed by atoms with Crippen LogP contribution in [0, 0.1) is 6.92 Å². The number of nitrogens with zero attached hydrogens (tertiary/aromatic N) is 1. The van der Waals surface area contributed by atoms with Crippen molar-refractivity contribution in [2.24, 2.45) is 5.10 Å². The van der Waals surface area contributed by atoms with Gasteiger partial charge in [0.05, 0.1) is 24.4 Å². The topological polar surface area (TPSA) is 59.9 Å². The van der Waals surface area contributed by atoms with Crippen molar-refractivity contribution in [3.63, 3.8) is 0 Å². The molecule has 2 aromatic rings. The molecule has 5 nitrogen and oxygen atoms in total. The predicted octanol–water partition coefficient (Wildman–Crippen LogP) is 3.93. The zero-order valence-electron chi connectivity index (χ0n) is 13.8. The van der Waals surface area contributed by atoms with Crippen LogP contribution >= 0.6 is 15.9 Å².